The van der Waals surface area contributed by atoms with Gasteiger partial charge in [-0.1, -0.05) is 17.7 Å². The van der Waals surface area contributed by atoms with Crippen molar-refractivity contribution in [2.24, 2.45) is 0 Å². The monoisotopic (exact) mass is 310 g/mol. The number of benzene rings is 1. The zero-order chi connectivity index (χ0) is 16.3. The Balaban J connectivity index is 0.000000394. The molecule has 0 saturated heterocycles. The van der Waals surface area contributed by atoms with E-state index in [0.717, 1.165) is 12.0 Å². The molecule has 1 N–H and O–H groups in total. The molecule has 0 atom stereocenters. The van der Waals surface area contributed by atoms with E-state index in [9.17, 15) is 4.79 Å². The van der Waals surface area contributed by atoms with Crippen molar-refractivity contribution >= 4 is 17.7 Å². The van der Waals surface area contributed by atoms with Crippen molar-refractivity contribution in [3.63, 3.8) is 0 Å². The molecule has 0 bridgehead atoms. The molecule has 0 radical (unpaired) electrons. The molecular weight excluding hydrogens is 288 g/mol. The van der Waals surface area contributed by atoms with Crippen LogP contribution in [-0.4, -0.2) is 24.1 Å². The van der Waals surface area contributed by atoms with Gasteiger partial charge in [0, 0.05) is 12.4 Å². The average molecular weight is 311 g/mol. The summed E-state index contributed by atoms with van der Waals surface area (Å²) in [6.45, 7) is 8.05. The third-order valence-electron chi connectivity index (χ3n) is 2.16. The van der Waals surface area contributed by atoms with E-state index in [4.69, 9.17) is 21.6 Å². The number of hydrogen-bond acceptors (Lipinski definition) is 3. The van der Waals surface area contributed by atoms with Gasteiger partial charge in [-0.05, 0) is 46.2 Å². The van der Waals surface area contributed by atoms with Crippen molar-refractivity contribution in [2.75, 3.05) is 12.4 Å². The highest BCUT2D eigenvalue weighted by Gasteiger charge is 2.15. The van der Waals surface area contributed by atoms with Crippen LogP contribution in [0, 0.1) is 18.3 Å². The SMILES string of the molecule is CC(C)(C)OC(=O)NCCCCl.Cc1ccc(C#N)cc1. The molecule has 1 rings (SSSR count). The maximum Gasteiger partial charge on any atom is 0.407 e. The molecule has 0 fully saturated rings. The van der Waals surface area contributed by atoms with E-state index in [1.165, 1.54) is 5.56 Å². The number of amides is 1. The lowest BCUT2D eigenvalue weighted by molar-refractivity contribution is 0.0528. The minimum atomic E-state index is -0.426. The molecule has 1 aromatic rings. The van der Waals surface area contributed by atoms with Crippen molar-refractivity contribution < 1.29 is 9.53 Å². The number of ether oxygens (including phenoxy) is 1. The second-order valence-corrected chi connectivity index (χ2v) is 5.83. The van der Waals surface area contributed by atoms with Crippen LogP contribution in [0.4, 0.5) is 4.79 Å². The largest absolute Gasteiger partial charge is 0.444 e. The lowest BCUT2D eigenvalue weighted by Gasteiger charge is -2.19. The molecule has 0 spiro atoms. The molecule has 0 aliphatic rings. The number of alkyl carbamates (subject to hydrolysis) is 1. The molecule has 0 aliphatic heterocycles. The standard InChI is InChI=1S/C8H16ClNO2.C8H7N/c1-8(2,3)12-7(11)10-6-4-5-9;1-7-2-4-8(6-9)5-3-7/h4-6H2,1-3H3,(H,10,11);2-5H,1H3. The number of carbonyl (C=O) groups excluding carboxylic acids is 1. The molecule has 0 heterocycles. The van der Waals surface area contributed by atoms with Crippen LogP contribution in [0.25, 0.3) is 0 Å². The predicted molar refractivity (Wildman–Crippen MR) is 85.5 cm³/mol. The average Bonchev–Trinajstić information content (AvgIpc) is 2.38. The maximum atomic E-state index is 11.0. The number of nitriles is 1. The van der Waals surface area contributed by atoms with Gasteiger partial charge in [0.2, 0.25) is 0 Å². The van der Waals surface area contributed by atoms with Crippen molar-refractivity contribution in [1.29, 1.82) is 5.26 Å². The first kappa shape index (κ1) is 19.3. The minimum absolute atomic E-state index is 0.382. The summed E-state index contributed by atoms with van der Waals surface area (Å²) in [5.41, 5.74) is 1.49. The summed E-state index contributed by atoms with van der Waals surface area (Å²) in [7, 11) is 0. The van der Waals surface area contributed by atoms with E-state index in [-0.39, 0.29) is 6.09 Å². The van der Waals surface area contributed by atoms with Gasteiger partial charge in [0.05, 0.1) is 11.6 Å². The summed E-state index contributed by atoms with van der Waals surface area (Å²) in [6.07, 6.45) is 0.383. The van der Waals surface area contributed by atoms with E-state index in [0.29, 0.717) is 12.4 Å². The van der Waals surface area contributed by atoms with Gasteiger partial charge in [-0.2, -0.15) is 5.26 Å². The van der Waals surface area contributed by atoms with Gasteiger partial charge in [-0.3, -0.25) is 0 Å². The third kappa shape index (κ3) is 11.8. The Hall–Kier alpha value is -1.73. The number of rotatable bonds is 3. The molecule has 1 aromatic carbocycles. The molecule has 1 amide bonds. The van der Waals surface area contributed by atoms with Crippen LogP contribution in [0.15, 0.2) is 24.3 Å². The number of aryl methyl sites for hydroxylation is 1. The van der Waals surface area contributed by atoms with Crippen LogP contribution in [0.5, 0.6) is 0 Å². The Bertz CT molecular complexity index is 459. The zero-order valence-electron chi connectivity index (χ0n) is 13.1. The van der Waals surface area contributed by atoms with Crippen LogP contribution in [0.1, 0.15) is 38.3 Å². The van der Waals surface area contributed by atoms with Crippen molar-refractivity contribution in [2.45, 2.75) is 39.7 Å². The van der Waals surface area contributed by atoms with Crippen LogP contribution < -0.4 is 5.32 Å². The third-order valence-corrected chi connectivity index (χ3v) is 2.43. The first-order valence-corrected chi connectivity index (χ1v) is 7.31. The second-order valence-electron chi connectivity index (χ2n) is 5.45. The van der Waals surface area contributed by atoms with Crippen molar-refractivity contribution in [1.82, 2.24) is 5.32 Å². The van der Waals surface area contributed by atoms with Gasteiger partial charge in [0.1, 0.15) is 5.60 Å². The first-order chi connectivity index (χ1) is 9.78. The summed E-state index contributed by atoms with van der Waals surface area (Å²) in [6, 6.07) is 9.54. The van der Waals surface area contributed by atoms with E-state index < -0.39 is 5.60 Å². The van der Waals surface area contributed by atoms with Gasteiger partial charge in [0.15, 0.2) is 0 Å². The highest BCUT2D eigenvalue weighted by molar-refractivity contribution is 6.17. The van der Waals surface area contributed by atoms with Crippen LogP contribution in [-0.2, 0) is 4.74 Å². The Labute approximate surface area is 132 Å². The highest BCUT2D eigenvalue weighted by atomic mass is 35.5. The Kier molecular flexibility index (Phi) is 9.23. The molecule has 21 heavy (non-hydrogen) atoms. The number of hydrogen-bond donors (Lipinski definition) is 1. The summed E-state index contributed by atoms with van der Waals surface area (Å²) in [5.74, 6) is 0.551. The normalized spacial score (nSPS) is 9.90. The van der Waals surface area contributed by atoms with Crippen molar-refractivity contribution in [3.8, 4) is 6.07 Å². The highest BCUT2D eigenvalue weighted by Crippen LogP contribution is 2.06. The number of carbonyl (C=O) groups is 1. The molecule has 0 unspecified atom stereocenters. The van der Waals surface area contributed by atoms with Crippen molar-refractivity contribution in [3.05, 3.63) is 35.4 Å². The Morgan fingerprint density at radius 1 is 1.33 bits per heavy atom. The molecule has 0 aliphatic carbocycles. The number of halogens is 1. The lowest BCUT2D eigenvalue weighted by Crippen LogP contribution is -2.33. The minimum Gasteiger partial charge on any atom is -0.444 e. The molecular formula is C16H23ClN2O2. The van der Waals surface area contributed by atoms with E-state index >= 15 is 0 Å². The molecule has 4 nitrogen and oxygen atoms in total. The fourth-order valence-electron chi connectivity index (χ4n) is 1.20. The zero-order valence-corrected chi connectivity index (χ0v) is 13.8. The van der Waals surface area contributed by atoms with Gasteiger partial charge in [-0.15, -0.1) is 11.6 Å². The summed E-state index contributed by atoms with van der Waals surface area (Å²) >= 11 is 5.43. The second kappa shape index (κ2) is 10.1. The van der Waals surface area contributed by atoms with Gasteiger partial charge in [0.25, 0.3) is 0 Å². The number of alkyl halides is 1. The quantitative estimate of drug-likeness (QED) is 0.678. The smallest absolute Gasteiger partial charge is 0.407 e. The van der Waals surface area contributed by atoms with Gasteiger partial charge >= 0.3 is 6.09 Å². The fraction of sp³-hybridized carbons (Fsp3) is 0.500. The number of nitrogens with one attached hydrogen (secondary N) is 1. The Morgan fingerprint density at radius 2 is 1.90 bits per heavy atom. The Morgan fingerprint density at radius 3 is 2.33 bits per heavy atom. The summed E-state index contributed by atoms with van der Waals surface area (Å²) in [5, 5.41) is 11.0. The van der Waals surface area contributed by atoms with Gasteiger partial charge in [-0.25, -0.2) is 4.79 Å². The molecule has 0 aromatic heterocycles. The van der Waals surface area contributed by atoms with Crippen LogP contribution >= 0.6 is 11.6 Å². The predicted octanol–water partition coefficient (Wildman–Crippen LogP) is 4.01. The van der Waals surface area contributed by atoms with Crippen LogP contribution in [0.3, 0.4) is 0 Å². The lowest BCUT2D eigenvalue weighted by atomic mass is 10.2. The summed E-state index contributed by atoms with van der Waals surface area (Å²) < 4.78 is 4.99. The summed E-state index contributed by atoms with van der Waals surface area (Å²) in [4.78, 5) is 11.0. The molecule has 5 heteroatoms. The number of nitrogens with zero attached hydrogens (tertiary/aromatic N) is 1. The maximum absolute atomic E-state index is 11.0. The van der Waals surface area contributed by atoms with E-state index in [1.54, 1.807) is 0 Å². The van der Waals surface area contributed by atoms with Gasteiger partial charge < -0.3 is 10.1 Å². The van der Waals surface area contributed by atoms with E-state index in [2.05, 4.69) is 11.4 Å². The molecule has 0 saturated carbocycles. The fourth-order valence-corrected chi connectivity index (χ4v) is 1.33. The first-order valence-electron chi connectivity index (χ1n) is 6.78. The molecule has 116 valence electrons. The van der Waals surface area contributed by atoms with E-state index in [1.807, 2.05) is 52.0 Å². The van der Waals surface area contributed by atoms with Crippen LogP contribution in [0.2, 0.25) is 0 Å². The topological polar surface area (TPSA) is 62.1 Å².